The van der Waals surface area contributed by atoms with Gasteiger partial charge in [0.05, 0.1) is 5.92 Å². The number of benzene rings is 1. The summed E-state index contributed by atoms with van der Waals surface area (Å²) >= 11 is 0. The van der Waals surface area contributed by atoms with Crippen molar-refractivity contribution in [1.82, 2.24) is 19.7 Å². The fraction of sp³-hybridized carbons (Fsp3) is 0.524. The molecule has 0 spiro atoms. The molecule has 1 aromatic carbocycles. The number of carbonyl (C=O) groups is 2. The van der Waals surface area contributed by atoms with Crippen molar-refractivity contribution in [2.24, 2.45) is 5.92 Å². The number of fused-ring (bicyclic) bond motifs is 1. The summed E-state index contributed by atoms with van der Waals surface area (Å²) in [5.74, 6) is 1.84. The number of nitrogens with one attached hydrogen (secondary N) is 1. The van der Waals surface area contributed by atoms with Crippen molar-refractivity contribution in [2.45, 2.75) is 52.0 Å². The number of nitrogens with zero attached hydrogens (tertiary/aromatic N) is 4. The third-order valence-electron chi connectivity index (χ3n) is 5.76. The summed E-state index contributed by atoms with van der Waals surface area (Å²) in [5, 5.41) is 11.7. The van der Waals surface area contributed by atoms with Gasteiger partial charge >= 0.3 is 0 Å². The summed E-state index contributed by atoms with van der Waals surface area (Å²) in [7, 11) is 0. The zero-order valence-electron chi connectivity index (χ0n) is 16.4. The first-order valence-corrected chi connectivity index (χ1v) is 10.2. The number of aryl methyl sites for hydroxylation is 1. The van der Waals surface area contributed by atoms with E-state index in [1.54, 1.807) is 11.8 Å². The molecular weight excluding hydrogens is 354 g/mol. The van der Waals surface area contributed by atoms with Crippen LogP contribution in [0, 0.1) is 5.92 Å². The van der Waals surface area contributed by atoms with Crippen LogP contribution in [0.5, 0.6) is 0 Å². The molecule has 28 heavy (non-hydrogen) atoms. The van der Waals surface area contributed by atoms with Gasteiger partial charge in [0, 0.05) is 44.2 Å². The van der Waals surface area contributed by atoms with Gasteiger partial charge in [0.15, 0.2) is 5.82 Å². The normalized spacial score (nSPS) is 19.6. The molecule has 1 N–H and O–H groups in total. The van der Waals surface area contributed by atoms with E-state index >= 15 is 0 Å². The number of aromatic nitrogens is 3. The van der Waals surface area contributed by atoms with Gasteiger partial charge in [-0.05, 0) is 49.9 Å². The summed E-state index contributed by atoms with van der Waals surface area (Å²) in [6.45, 7) is 3.77. The van der Waals surface area contributed by atoms with Gasteiger partial charge < -0.3 is 14.8 Å². The number of likely N-dealkylation sites (tertiary alicyclic amines) is 1. The standard InChI is InChI=1S/C21H27N5O2/c1-15(27)25-12-5-6-17(14-25)21(28)22-18-10-8-16(9-11-18)20-24-23-19-7-3-2-4-13-26(19)20/h8-11,17H,2-7,12-14H2,1H3,(H,22,28)/t17-/m0/s1. The Bertz CT molecular complexity index is 858. The van der Waals surface area contributed by atoms with Crippen molar-refractivity contribution in [2.75, 3.05) is 18.4 Å². The maximum Gasteiger partial charge on any atom is 0.229 e. The van der Waals surface area contributed by atoms with Crippen LogP contribution in [0.2, 0.25) is 0 Å². The molecule has 0 bridgehead atoms. The minimum Gasteiger partial charge on any atom is -0.342 e. The highest BCUT2D eigenvalue weighted by atomic mass is 16.2. The van der Waals surface area contributed by atoms with E-state index in [0.717, 1.165) is 61.7 Å². The van der Waals surface area contributed by atoms with Gasteiger partial charge in [-0.3, -0.25) is 9.59 Å². The van der Waals surface area contributed by atoms with E-state index in [4.69, 9.17) is 0 Å². The van der Waals surface area contributed by atoms with E-state index in [-0.39, 0.29) is 17.7 Å². The highest BCUT2D eigenvalue weighted by molar-refractivity contribution is 5.93. The van der Waals surface area contributed by atoms with Crippen LogP contribution in [0.25, 0.3) is 11.4 Å². The van der Waals surface area contributed by atoms with Gasteiger partial charge in [0.2, 0.25) is 11.8 Å². The van der Waals surface area contributed by atoms with Crippen molar-refractivity contribution in [3.8, 4) is 11.4 Å². The Balaban J connectivity index is 1.43. The third-order valence-corrected chi connectivity index (χ3v) is 5.76. The summed E-state index contributed by atoms with van der Waals surface area (Å²) in [5.41, 5.74) is 1.78. The SMILES string of the molecule is CC(=O)N1CCC[C@H](C(=O)Nc2ccc(-c3nnc4n3CCCCC4)cc2)C1. The van der Waals surface area contributed by atoms with E-state index in [1.807, 2.05) is 24.3 Å². The fourth-order valence-corrected chi connectivity index (χ4v) is 4.12. The number of amides is 2. The number of hydrogen-bond donors (Lipinski definition) is 1. The smallest absolute Gasteiger partial charge is 0.229 e. The maximum absolute atomic E-state index is 12.6. The molecule has 1 aromatic heterocycles. The van der Waals surface area contributed by atoms with Crippen LogP contribution in [0.3, 0.4) is 0 Å². The van der Waals surface area contributed by atoms with Crippen molar-refractivity contribution in [3.05, 3.63) is 30.1 Å². The Hall–Kier alpha value is -2.70. The molecule has 2 amide bonds. The Morgan fingerprint density at radius 2 is 1.86 bits per heavy atom. The highest BCUT2D eigenvalue weighted by Gasteiger charge is 2.27. The molecule has 2 aromatic rings. The molecule has 7 nitrogen and oxygen atoms in total. The number of piperidine rings is 1. The number of anilines is 1. The maximum atomic E-state index is 12.6. The van der Waals surface area contributed by atoms with Gasteiger partial charge in [-0.15, -0.1) is 10.2 Å². The second kappa shape index (κ2) is 8.12. The number of rotatable bonds is 3. The molecule has 0 saturated carbocycles. The topological polar surface area (TPSA) is 80.1 Å². The zero-order chi connectivity index (χ0) is 19.5. The lowest BCUT2D eigenvalue weighted by Crippen LogP contribution is -2.42. The predicted octanol–water partition coefficient (Wildman–Crippen LogP) is 2.87. The summed E-state index contributed by atoms with van der Waals surface area (Å²) in [4.78, 5) is 25.9. The van der Waals surface area contributed by atoms with Crippen LogP contribution in [0.15, 0.2) is 24.3 Å². The molecule has 148 valence electrons. The average molecular weight is 381 g/mol. The average Bonchev–Trinajstić information content (AvgIpc) is 2.96. The lowest BCUT2D eigenvalue weighted by atomic mass is 9.97. The fourth-order valence-electron chi connectivity index (χ4n) is 4.12. The van der Waals surface area contributed by atoms with Crippen LogP contribution in [-0.4, -0.2) is 44.6 Å². The van der Waals surface area contributed by atoms with E-state index in [9.17, 15) is 9.59 Å². The Morgan fingerprint density at radius 1 is 1.04 bits per heavy atom. The minimum absolute atomic E-state index is 0.0185. The molecular formula is C21H27N5O2. The van der Waals surface area contributed by atoms with Crippen molar-refractivity contribution >= 4 is 17.5 Å². The van der Waals surface area contributed by atoms with E-state index in [0.29, 0.717) is 6.54 Å². The molecule has 1 fully saturated rings. The monoisotopic (exact) mass is 381 g/mol. The summed E-state index contributed by atoms with van der Waals surface area (Å²) in [6, 6.07) is 7.80. The van der Waals surface area contributed by atoms with Crippen LogP contribution in [-0.2, 0) is 22.6 Å². The molecule has 2 aliphatic heterocycles. The first-order valence-electron chi connectivity index (χ1n) is 10.2. The molecule has 3 heterocycles. The molecule has 0 aliphatic carbocycles. The Kier molecular flexibility index (Phi) is 5.41. The van der Waals surface area contributed by atoms with E-state index in [2.05, 4.69) is 20.1 Å². The van der Waals surface area contributed by atoms with Gasteiger partial charge in [-0.25, -0.2) is 0 Å². The number of hydrogen-bond acceptors (Lipinski definition) is 4. The molecule has 4 rings (SSSR count). The largest absolute Gasteiger partial charge is 0.342 e. The molecule has 1 atom stereocenters. The first kappa shape index (κ1) is 18.7. The molecule has 7 heteroatoms. The third kappa shape index (κ3) is 3.93. The molecule has 0 unspecified atom stereocenters. The van der Waals surface area contributed by atoms with Gasteiger partial charge in [0.1, 0.15) is 5.82 Å². The van der Waals surface area contributed by atoms with Crippen LogP contribution in [0.4, 0.5) is 5.69 Å². The molecule has 0 radical (unpaired) electrons. The molecule has 1 saturated heterocycles. The first-order chi connectivity index (χ1) is 13.6. The van der Waals surface area contributed by atoms with E-state index < -0.39 is 0 Å². The lowest BCUT2D eigenvalue weighted by molar-refractivity contribution is -0.132. The Morgan fingerprint density at radius 3 is 2.64 bits per heavy atom. The van der Waals surface area contributed by atoms with Gasteiger partial charge in [0.25, 0.3) is 0 Å². The zero-order valence-corrected chi connectivity index (χ0v) is 16.4. The van der Waals surface area contributed by atoms with Gasteiger partial charge in [-0.2, -0.15) is 0 Å². The quantitative estimate of drug-likeness (QED) is 0.887. The minimum atomic E-state index is -0.149. The van der Waals surface area contributed by atoms with Gasteiger partial charge in [-0.1, -0.05) is 6.42 Å². The van der Waals surface area contributed by atoms with Crippen molar-refractivity contribution < 1.29 is 9.59 Å². The van der Waals surface area contributed by atoms with Crippen molar-refractivity contribution in [1.29, 1.82) is 0 Å². The van der Waals surface area contributed by atoms with Crippen LogP contribution in [0.1, 0.15) is 44.9 Å². The van der Waals surface area contributed by atoms with E-state index in [1.165, 1.54) is 12.8 Å². The summed E-state index contributed by atoms with van der Waals surface area (Å²) in [6.07, 6.45) is 6.24. The van der Waals surface area contributed by atoms with Crippen molar-refractivity contribution in [3.63, 3.8) is 0 Å². The predicted molar refractivity (Wildman–Crippen MR) is 107 cm³/mol. The second-order valence-corrected chi connectivity index (χ2v) is 7.77. The number of carbonyl (C=O) groups excluding carboxylic acids is 2. The lowest BCUT2D eigenvalue weighted by Gasteiger charge is -2.31. The Labute approximate surface area is 165 Å². The summed E-state index contributed by atoms with van der Waals surface area (Å²) < 4.78 is 2.22. The van der Waals surface area contributed by atoms with Crippen LogP contribution >= 0.6 is 0 Å². The highest BCUT2D eigenvalue weighted by Crippen LogP contribution is 2.25. The van der Waals surface area contributed by atoms with Crippen LogP contribution < -0.4 is 5.32 Å². The molecule has 2 aliphatic rings. The second-order valence-electron chi connectivity index (χ2n) is 7.77.